The summed E-state index contributed by atoms with van der Waals surface area (Å²) in [6.07, 6.45) is 1.60. The van der Waals surface area contributed by atoms with Gasteiger partial charge in [-0.05, 0) is 24.3 Å². The molecule has 0 aliphatic rings. The molecule has 0 aliphatic heterocycles. The lowest BCUT2D eigenvalue weighted by Gasteiger charge is -2.09. The van der Waals surface area contributed by atoms with Crippen LogP contribution in [0.1, 0.15) is 5.76 Å². The van der Waals surface area contributed by atoms with Gasteiger partial charge in [0, 0.05) is 0 Å². The molecule has 0 saturated carbocycles. The molecule has 2 N–H and O–H groups in total. The van der Waals surface area contributed by atoms with Crippen LogP contribution in [0.25, 0.3) is 0 Å². The third-order valence-electron chi connectivity index (χ3n) is 2.55. The highest BCUT2D eigenvalue weighted by molar-refractivity contribution is 5.93. The third kappa shape index (κ3) is 3.86. The van der Waals surface area contributed by atoms with Gasteiger partial charge in [-0.25, -0.2) is 0 Å². The zero-order chi connectivity index (χ0) is 13.5. The smallest absolute Gasteiger partial charge is 0.238 e. The highest BCUT2D eigenvalue weighted by Crippen LogP contribution is 2.22. The predicted octanol–water partition coefficient (Wildman–Crippen LogP) is 2.02. The number of furan rings is 1. The van der Waals surface area contributed by atoms with Gasteiger partial charge >= 0.3 is 0 Å². The van der Waals surface area contributed by atoms with Crippen LogP contribution in [0.4, 0.5) is 5.69 Å². The number of ether oxygens (including phenoxy) is 1. The lowest BCUT2D eigenvalue weighted by atomic mass is 10.3. The average Bonchev–Trinajstić information content (AvgIpc) is 2.92. The molecule has 0 saturated heterocycles. The molecule has 0 spiro atoms. The Bertz CT molecular complexity index is 523. The monoisotopic (exact) mass is 260 g/mol. The van der Waals surface area contributed by atoms with E-state index in [0.29, 0.717) is 18.0 Å². The number of amides is 1. The number of carbonyl (C=O) groups is 1. The molecule has 0 bridgehead atoms. The maximum atomic E-state index is 11.7. The Morgan fingerprint density at radius 2 is 2.11 bits per heavy atom. The van der Waals surface area contributed by atoms with Crippen molar-refractivity contribution in [3.05, 3.63) is 48.4 Å². The molecule has 5 heteroatoms. The van der Waals surface area contributed by atoms with Crippen LogP contribution in [0.15, 0.2) is 47.1 Å². The number of nitrogens with one attached hydrogen (secondary N) is 2. The van der Waals surface area contributed by atoms with E-state index in [2.05, 4.69) is 10.6 Å². The van der Waals surface area contributed by atoms with Crippen molar-refractivity contribution < 1.29 is 13.9 Å². The van der Waals surface area contributed by atoms with Crippen molar-refractivity contribution in [1.82, 2.24) is 5.32 Å². The first-order valence-corrected chi connectivity index (χ1v) is 5.95. The molecule has 0 unspecified atom stereocenters. The van der Waals surface area contributed by atoms with E-state index in [4.69, 9.17) is 9.15 Å². The second-order valence-corrected chi connectivity index (χ2v) is 3.93. The summed E-state index contributed by atoms with van der Waals surface area (Å²) in [5, 5.41) is 5.78. The SMILES string of the molecule is COc1ccccc1NC(=O)CNCc1ccco1. The van der Waals surface area contributed by atoms with E-state index in [1.165, 1.54) is 0 Å². The Labute approximate surface area is 111 Å². The summed E-state index contributed by atoms with van der Waals surface area (Å²) in [4.78, 5) is 11.7. The number of methoxy groups -OCH3 is 1. The van der Waals surface area contributed by atoms with E-state index in [1.807, 2.05) is 24.3 Å². The minimum Gasteiger partial charge on any atom is -0.495 e. The highest BCUT2D eigenvalue weighted by Gasteiger charge is 2.06. The van der Waals surface area contributed by atoms with Crippen LogP contribution in [-0.4, -0.2) is 19.6 Å². The lowest BCUT2D eigenvalue weighted by molar-refractivity contribution is -0.115. The number of benzene rings is 1. The van der Waals surface area contributed by atoms with Gasteiger partial charge in [0.05, 0.1) is 32.1 Å². The second kappa shape index (κ2) is 6.61. The first-order valence-electron chi connectivity index (χ1n) is 5.95. The van der Waals surface area contributed by atoms with Crippen LogP contribution in [0, 0.1) is 0 Å². The highest BCUT2D eigenvalue weighted by atomic mass is 16.5. The second-order valence-electron chi connectivity index (χ2n) is 3.93. The molecule has 0 fully saturated rings. The van der Waals surface area contributed by atoms with Gasteiger partial charge in [-0.3, -0.25) is 4.79 Å². The topological polar surface area (TPSA) is 63.5 Å². The van der Waals surface area contributed by atoms with E-state index in [-0.39, 0.29) is 12.5 Å². The third-order valence-corrected chi connectivity index (χ3v) is 2.55. The summed E-state index contributed by atoms with van der Waals surface area (Å²) in [5.41, 5.74) is 0.662. The Balaban J connectivity index is 1.80. The van der Waals surface area contributed by atoms with E-state index in [0.717, 1.165) is 5.76 Å². The molecule has 19 heavy (non-hydrogen) atoms. The molecule has 0 radical (unpaired) electrons. The summed E-state index contributed by atoms with van der Waals surface area (Å²) in [7, 11) is 1.57. The van der Waals surface area contributed by atoms with Crippen LogP contribution in [-0.2, 0) is 11.3 Å². The largest absolute Gasteiger partial charge is 0.495 e. The molecule has 5 nitrogen and oxygen atoms in total. The van der Waals surface area contributed by atoms with Crippen molar-refractivity contribution in [3.8, 4) is 5.75 Å². The van der Waals surface area contributed by atoms with Crippen molar-refractivity contribution in [2.24, 2.45) is 0 Å². The van der Waals surface area contributed by atoms with Crippen LogP contribution in [0.3, 0.4) is 0 Å². The van der Waals surface area contributed by atoms with Crippen molar-refractivity contribution in [1.29, 1.82) is 0 Å². The van der Waals surface area contributed by atoms with Gasteiger partial charge in [0.1, 0.15) is 11.5 Å². The average molecular weight is 260 g/mol. The summed E-state index contributed by atoms with van der Waals surface area (Å²) in [6, 6.07) is 10.9. The first-order chi connectivity index (χ1) is 9.29. The minimum atomic E-state index is -0.129. The fourth-order valence-corrected chi connectivity index (χ4v) is 1.65. The number of hydrogen-bond donors (Lipinski definition) is 2. The molecule has 2 aromatic rings. The van der Waals surface area contributed by atoms with Gasteiger partial charge < -0.3 is 19.8 Å². The zero-order valence-corrected chi connectivity index (χ0v) is 10.7. The van der Waals surface area contributed by atoms with Crippen LogP contribution in [0.5, 0.6) is 5.75 Å². The van der Waals surface area contributed by atoms with Crippen molar-refractivity contribution in [2.75, 3.05) is 19.0 Å². The molecule has 100 valence electrons. The van der Waals surface area contributed by atoms with Gasteiger partial charge in [0.25, 0.3) is 0 Å². The Kier molecular flexibility index (Phi) is 4.58. The lowest BCUT2D eigenvalue weighted by Crippen LogP contribution is -2.27. The van der Waals surface area contributed by atoms with E-state index < -0.39 is 0 Å². The molecule has 0 aliphatic carbocycles. The number of para-hydroxylation sites is 2. The quantitative estimate of drug-likeness (QED) is 0.834. The van der Waals surface area contributed by atoms with Gasteiger partial charge in [0.2, 0.25) is 5.91 Å². The normalized spacial score (nSPS) is 10.2. The van der Waals surface area contributed by atoms with Gasteiger partial charge in [0.15, 0.2) is 0 Å². The molecular weight excluding hydrogens is 244 g/mol. The summed E-state index contributed by atoms with van der Waals surface area (Å²) in [6.45, 7) is 0.727. The maximum Gasteiger partial charge on any atom is 0.238 e. The molecular formula is C14H16N2O3. The van der Waals surface area contributed by atoms with E-state index in [9.17, 15) is 4.79 Å². The van der Waals surface area contributed by atoms with Crippen LogP contribution < -0.4 is 15.4 Å². The molecule has 1 amide bonds. The number of carbonyl (C=O) groups excluding carboxylic acids is 1. The number of hydrogen-bond acceptors (Lipinski definition) is 4. The fourth-order valence-electron chi connectivity index (χ4n) is 1.65. The Morgan fingerprint density at radius 1 is 1.26 bits per heavy atom. The van der Waals surface area contributed by atoms with Crippen LogP contribution >= 0.6 is 0 Å². The van der Waals surface area contributed by atoms with Crippen LogP contribution in [0.2, 0.25) is 0 Å². The predicted molar refractivity (Wildman–Crippen MR) is 72.0 cm³/mol. The van der Waals surface area contributed by atoms with Crippen molar-refractivity contribution in [2.45, 2.75) is 6.54 Å². The molecule has 2 rings (SSSR count). The van der Waals surface area contributed by atoms with Gasteiger partial charge in [-0.2, -0.15) is 0 Å². The fraction of sp³-hybridized carbons (Fsp3) is 0.214. The number of rotatable bonds is 6. The molecule has 1 aromatic carbocycles. The molecule has 0 atom stereocenters. The van der Waals surface area contributed by atoms with Crippen molar-refractivity contribution >= 4 is 11.6 Å². The first kappa shape index (κ1) is 13.2. The summed E-state index contributed by atoms with van der Waals surface area (Å²) in [5.74, 6) is 1.31. The summed E-state index contributed by atoms with van der Waals surface area (Å²) < 4.78 is 10.3. The molecule has 1 heterocycles. The minimum absolute atomic E-state index is 0.129. The number of anilines is 1. The Hall–Kier alpha value is -2.27. The van der Waals surface area contributed by atoms with Gasteiger partial charge in [-0.15, -0.1) is 0 Å². The van der Waals surface area contributed by atoms with Crippen molar-refractivity contribution in [3.63, 3.8) is 0 Å². The van der Waals surface area contributed by atoms with Gasteiger partial charge in [-0.1, -0.05) is 12.1 Å². The Morgan fingerprint density at radius 3 is 2.84 bits per heavy atom. The standard InChI is InChI=1S/C14H16N2O3/c1-18-13-7-3-2-6-12(13)16-14(17)10-15-9-11-5-4-8-19-11/h2-8,15H,9-10H2,1H3,(H,16,17). The summed E-state index contributed by atoms with van der Waals surface area (Å²) >= 11 is 0. The van der Waals surface area contributed by atoms with E-state index in [1.54, 1.807) is 25.5 Å². The van der Waals surface area contributed by atoms with E-state index >= 15 is 0 Å². The maximum absolute atomic E-state index is 11.7. The molecule has 1 aromatic heterocycles. The zero-order valence-electron chi connectivity index (χ0n) is 10.7.